The molecule has 5 heteroatoms. The summed E-state index contributed by atoms with van der Waals surface area (Å²) < 4.78 is 1.91. The van der Waals surface area contributed by atoms with Gasteiger partial charge in [-0.25, -0.2) is 4.98 Å². The van der Waals surface area contributed by atoms with Crippen LogP contribution in [0.3, 0.4) is 0 Å². The van der Waals surface area contributed by atoms with E-state index in [1.807, 2.05) is 48.1 Å². The van der Waals surface area contributed by atoms with Gasteiger partial charge in [0.25, 0.3) is 5.91 Å². The normalized spacial score (nSPS) is 10.2. The third-order valence-corrected chi connectivity index (χ3v) is 3.74. The molecule has 118 valence electrons. The predicted molar refractivity (Wildman–Crippen MR) is 91.0 cm³/mol. The van der Waals surface area contributed by atoms with Crippen molar-refractivity contribution in [1.82, 2.24) is 14.9 Å². The first kappa shape index (κ1) is 15.5. The van der Waals surface area contributed by atoms with Gasteiger partial charge in [-0.1, -0.05) is 24.3 Å². The number of hydrogen-bond donors (Lipinski definition) is 1. The van der Waals surface area contributed by atoms with E-state index >= 15 is 0 Å². The van der Waals surface area contributed by atoms with Gasteiger partial charge in [0.2, 0.25) is 0 Å². The van der Waals surface area contributed by atoms with Crippen molar-refractivity contribution in [1.29, 1.82) is 5.26 Å². The summed E-state index contributed by atoms with van der Waals surface area (Å²) in [5.74, 6) is 0.673. The lowest BCUT2D eigenvalue weighted by Gasteiger charge is -2.07. The number of hydrogen-bond acceptors (Lipinski definition) is 3. The molecule has 0 aliphatic heterocycles. The minimum absolute atomic E-state index is 0.143. The fraction of sp³-hybridized carbons (Fsp3) is 0.105. The minimum atomic E-state index is -0.143. The van der Waals surface area contributed by atoms with Gasteiger partial charge in [-0.2, -0.15) is 5.26 Å². The molecule has 2 aromatic carbocycles. The van der Waals surface area contributed by atoms with Gasteiger partial charge in [-0.3, -0.25) is 4.79 Å². The molecule has 3 rings (SSSR count). The monoisotopic (exact) mass is 316 g/mol. The molecule has 0 aliphatic rings. The Morgan fingerprint density at radius 1 is 1.25 bits per heavy atom. The second kappa shape index (κ2) is 6.80. The number of rotatable bonds is 4. The zero-order valence-electron chi connectivity index (χ0n) is 13.2. The first-order chi connectivity index (χ1) is 11.7. The zero-order valence-corrected chi connectivity index (χ0v) is 13.2. The molecule has 0 spiro atoms. The van der Waals surface area contributed by atoms with Crippen LogP contribution in [0.4, 0.5) is 0 Å². The van der Waals surface area contributed by atoms with Crippen molar-refractivity contribution in [3.05, 3.63) is 77.6 Å². The third-order valence-electron chi connectivity index (χ3n) is 3.74. The van der Waals surface area contributed by atoms with E-state index in [2.05, 4.69) is 16.4 Å². The molecule has 0 bridgehead atoms. The molecule has 0 unspecified atom stereocenters. The van der Waals surface area contributed by atoms with E-state index in [1.54, 1.807) is 24.4 Å². The SMILES string of the molecule is Cn1ccnc1-c1cccc(C(=O)NCc2ccc(C#N)cc2)c1. The van der Waals surface area contributed by atoms with Crippen molar-refractivity contribution in [2.75, 3.05) is 0 Å². The third kappa shape index (κ3) is 3.33. The van der Waals surface area contributed by atoms with E-state index in [1.165, 1.54) is 0 Å². The second-order valence-corrected chi connectivity index (χ2v) is 5.43. The first-order valence-corrected chi connectivity index (χ1v) is 7.52. The number of benzene rings is 2. The topological polar surface area (TPSA) is 70.7 Å². The number of nitrogens with one attached hydrogen (secondary N) is 1. The van der Waals surface area contributed by atoms with Crippen molar-refractivity contribution < 1.29 is 4.79 Å². The van der Waals surface area contributed by atoms with Gasteiger partial charge in [0.1, 0.15) is 5.82 Å². The number of nitriles is 1. The van der Waals surface area contributed by atoms with Crippen LogP contribution in [0.15, 0.2) is 60.9 Å². The highest BCUT2D eigenvalue weighted by Gasteiger charge is 2.09. The highest BCUT2D eigenvalue weighted by Crippen LogP contribution is 2.18. The molecule has 0 aliphatic carbocycles. The fourth-order valence-corrected chi connectivity index (χ4v) is 2.42. The van der Waals surface area contributed by atoms with Gasteiger partial charge in [-0.15, -0.1) is 0 Å². The number of nitrogens with zero attached hydrogens (tertiary/aromatic N) is 3. The van der Waals surface area contributed by atoms with Crippen molar-refractivity contribution in [2.24, 2.45) is 7.05 Å². The summed E-state index contributed by atoms with van der Waals surface area (Å²) in [7, 11) is 1.92. The minimum Gasteiger partial charge on any atom is -0.348 e. The largest absolute Gasteiger partial charge is 0.348 e. The molecule has 24 heavy (non-hydrogen) atoms. The molecule has 1 amide bonds. The van der Waals surface area contributed by atoms with Gasteiger partial charge in [0, 0.05) is 37.1 Å². The summed E-state index contributed by atoms with van der Waals surface area (Å²) in [4.78, 5) is 16.7. The summed E-state index contributed by atoms with van der Waals surface area (Å²) in [5.41, 5.74) is 3.04. The summed E-state index contributed by atoms with van der Waals surface area (Å²) in [6.07, 6.45) is 3.60. The van der Waals surface area contributed by atoms with E-state index in [9.17, 15) is 4.79 Å². The van der Waals surface area contributed by atoms with Gasteiger partial charge in [-0.05, 0) is 29.8 Å². The number of amides is 1. The standard InChI is InChI=1S/C19H16N4O/c1-23-10-9-21-18(23)16-3-2-4-17(11-16)19(24)22-13-15-7-5-14(12-20)6-8-15/h2-11H,13H2,1H3,(H,22,24). The Bertz CT molecular complexity index is 904. The van der Waals surface area contributed by atoms with E-state index in [-0.39, 0.29) is 5.91 Å². The number of aromatic nitrogens is 2. The van der Waals surface area contributed by atoms with E-state index in [4.69, 9.17) is 5.26 Å². The average Bonchev–Trinajstić information content (AvgIpc) is 3.06. The van der Waals surface area contributed by atoms with Gasteiger partial charge in [0.05, 0.1) is 11.6 Å². The molecule has 1 N–H and O–H groups in total. The van der Waals surface area contributed by atoms with Gasteiger partial charge < -0.3 is 9.88 Å². The van der Waals surface area contributed by atoms with Crippen molar-refractivity contribution in [3.8, 4) is 17.5 Å². The van der Waals surface area contributed by atoms with Crippen LogP contribution in [0.1, 0.15) is 21.5 Å². The highest BCUT2D eigenvalue weighted by atomic mass is 16.1. The second-order valence-electron chi connectivity index (χ2n) is 5.43. The molecule has 0 radical (unpaired) electrons. The molecule has 5 nitrogen and oxygen atoms in total. The number of carbonyl (C=O) groups is 1. The Hall–Kier alpha value is -3.39. The number of carbonyl (C=O) groups excluding carboxylic acids is 1. The summed E-state index contributed by atoms with van der Waals surface area (Å²) in [6, 6.07) is 16.6. The zero-order chi connectivity index (χ0) is 16.9. The predicted octanol–water partition coefficient (Wildman–Crippen LogP) is 2.89. The maximum Gasteiger partial charge on any atom is 0.251 e. The Balaban J connectivity index is 1.71. The molecule has 0 fully saturated rings. The Morgan fingerprint density at radius 2 is 2.04 bits per heavy atom. The molecule has 1 heterocycles. The molecule has 0 atom stereocenters. The molecule has 1 aromatic heterocycles. The molecular formula is C19H16N4O. The Kier molecular flexibility index (Phi) is 4.39. The van der Waals surface area contributed by atoms with Crippen LogP contribution >= 0.6 is 0 Å². The van der Waals surface area contributed by atoms with Crippen molar-refractivity contribution >= 4 is 5.91 Å². The highest BCUT2D eigenvalue weighted by molar-refractivity contribution is 5.95. The smallest absolute Gasteiger partial charge is 0.251 e. The summed E-state index contributed by atoms with van der Waals surface area (Å²) in [6.45, 7) is 0.414. The number of aryl methyl sites for hydroxylation is 1. The van der Waals surface area contributed by atoms with Crippen LogP contribution in [-0.4, -0.2) is 15.5 Å². The van der Waals surface area contributed by atoms with Crippen LogP contribution in [0, 0.1) is 11.3 Å². The maximum absolute atomic E-state index is 12.4. The molecule has 0 saturated carbocycles. The van der Waals surface area contributed by atoms with Gasteiger partial charge in [0.15, 0.2) is 0 Å². The van der Waals surface area contributed by atoms with E-state index in [0.29, 0.717) is 17.7 Å². The summed E-state index contributed by atoms with van der Waals surface area (Å²) in [5, 5.41) is 11.7. The average molecular weight is 316 g/mol. The van der Waals surface area contributed by atoms with Gasteiger partial charge >= 0.3 is 0 Å². The lowest BCUT2D eigenvalue weighted by molar-refractivity contribution is 0.0951. The molecular weight excluding hydrogens is 300 g/mol. The maximum atomic E-state index is 12.4. The Labute approximate surface area is 140 Å². The lowest BCUT2D eigenvalue weighted by Crippen LogP contribution is -2.22. The fourth-order valence-electron chi connectivity index (χ4n) is 2.42. The quantitative estimate of drug-likeness (QED) is 0.804. The lowest BCUT2D eigenvalue weighted by atomic mass is 10.1. The summed E-state index contributed by atoms with van der Waals surface area (Å²) >= 11 is 0. The van der Waals surface area contributed by atoms with Crippen molar-refractivity contribution in [2.45, 2.75) is 6.54 Å². The van der Waals surface area contributed by atoms with Crippen molar-refractivity contribution in [3.63, 3.8) is 0 Å². The van der Waals surface area contributed by atoms with E-state index < -0.39 is 0 Å². The van der Waals surface area contributed by atoms with Crippen LogP contribution < -0.4 is 5.32 Å². The van der Waals surface area contributed by atoms with Crippen LogP contribution in [0.2, 0.25) is 0 Å². The molecule has 3 aromatic rings. The first-order valence-electron chi connectivity index (χ1n) is 7.52. The Morgan fingerprint density at radius 3 is 2.71 bits per heavy atom. The van der Waals surface area contributed by atoms with Crippen LogP contribution in [0.5, 0.6) is 0 Å². The van der Waals surface area contributed by atoms with Crippen LogP contribution in [0.25, 0.3) is 11.4 Å². The van der Waals surface area contributed by atoms with E-state index in [0.717, 1.165) is 17.0 Å². The molecule has 0 saturated heterocycles. The number of imidazole rings is 1. The van der Waals surface area contributed by atoms with Crippen LogP contribution in [-0.2, 0) is 13.6 Å².